The van der Waals surface area contributed by atoms with Gasteiger partial charge < -0.3 is 15.7 Å². The summed E-state index contributed by atoms with van der Waals surface area (Å²) >= 11 is 1.53. The van der Waals surface area contributed by atoms with Gasteiger partial charge in [0.2, 0.25) is 0 Å². The Balaban J connectivity index is 2.44. The lowest BCUT2D eigenvalue weighted by Gasteiger charge is -2.20. The molecule has 2 amide bonds. The van der Waals surface area contributed by atoms with Crippen LogP contribution < -0.4 is 10.6 Å². The Morgan fingerprint density at radius 1 is 1.50 bits per heavy atom. The minimum absolute atomic E-state index is 0.141. The van der Waals surface area contributed by atoms with Crippen LogP contribution in [0.5, 0.6) is 0 Å². The number of amides is 2. The highest BCUT2D eigenvalue weighted by molar-refractivity contribution is 7.10. The maximum Gasteiger partial charge on any atom is 0.315 e. The summed E-state index contributed by atoms with van der Waals surface area (Å²) in [5.74, 6) is 5.41. The molecule has 98 valence electrons. The van der Waals surface area contributed by atoms with Gasteiger partial charge in [-0.15, -0.1) is 11.3 Å². The molecule has 3 N–H and O–H groups in total. The summed E-state index contributed by atoms with van der Waals surface area (Å²) in [6.45, 7) is 6.13. The normalized spacial score (nSPS) is 10.4. The summed E-state index contributed by atoms with van der Waals surface area (Å²) in [5, 5.41) is 16.1. The van der Waals surface area contributed by atoms with E-state index in [9.17, 15) is 4.79 Å². The van der Waals surface area contributed by atoms with Crippen molar-refractivity contribution in [1.29, 1.82) is 0 Å². The van der Waals surface area contributed by atoms with Crippen molar-refractivity contribution >= 4 is 17.4 Å². The van der Waals surface area contributed by atoms with Crippen molar-refractivity contribution in [2.24, 2.45) is 0 Å². The smallest absolute Gasteiger partial charge is 0.315 e. The van der Waals surface area contributed by atoms with Crippen LogP contribution in [-0.2, 0) is 6.54 Å². The Hall–Kier alpha value is -1.51. The van der Waals surface area contributed by atoms with Gasteiger partial charge in [-0.3, -0.25) is 0 Å². The van der Waals surface area contributed by atoms with E-state index < -0.39 is 0 Å². The number of aliphatic hydroxyl groups is 1. The number of nitrogens with one attached hydrogen (secondary N) is 2. The van der Waals surface area contributed by atoms with Crippen molar-refractivity contribution in [3.8, 4) is 11.8 Å². The van der Waals surface area contributed by atoms with Gasteiger partial charge in [0.1, 0.15) is 6.61 Å². The van der Waals surface area contributed by atoms with E-state index in [4.69, 9.17) is 5.11 Å². The van der Waals surface area contributed by atoms with E-state index in [2.05, 4.69) is 22.5 Å². The van der Waals surface area contributed by atoms with Gasteiger partial charge in [0, 0.05) is 21.4 Å². The monoisotopic (exact) mass is 266 g/mol. The van der Waals surface area contributed by atoms with Crippen molar-refractivity contribution in [2.45, 2.75) is 32.9 Å². The summed E-state index contributed by atoms with van der Waals surface area (Å²) in [5.41, 5.74) is 0.624. The molecule has 0 radical (unpaired) electrons. The minimum Gasteiger partial charge on any atom is -0.384 e. The topological polar surface area (TPSA) is 61.4 Å². The van der Waals surface area contributed by atoms with Crippen LogP contribution in [-0.4, -0.2) is 23.3 Å². The summed E-state index contributed by atoms with van der Waals surface area (Å²) in [4.78, 5) is 12.6. The predicted molar refractivity (Wildman–Crippen MR) is 73.4 cm³/mol. The van der Waals surface area contributed by atoms with Gasteiger partial charge in [-0.2, -0.15) is 0 Å². The molecule has 0 aliphatic heterocycles. The molecule has 0 saturated heterocycles. The molecule has 0 fully saturated rings. The first-order valence-electron chi connectivity index (χ1n) is 5.64. The molecule has 1 aromatic heterocycles. The lowest BCUT2D eigenvalue weighted by molar-refractivity contribution is 0.231. The molecule has 1 heterocycles. The van der Waals surface area contributed by atoms with E-state index in [0.29, 0.717) is 6.54 Å². The maximum absolute atomic E-state index is 11.5. The van der Waals surface area contributed by atoms with Crippen LogP contribution in [0.3, 0.4) is 0 Å². The van der Waals surface area contributed by atoms with Crippen molar-refractivity contribution in [2.75, 3.05) is 6.61 Å². The lowest BCUT2D eigenvalue weighted by Crippen LogP contribution is -2.46. The van der Waals surface area contributed by atoms with E-state index in [1.54, 1.807) is 0 Å². The third-order valence-electron chi connectivity index (χ3n) is 1.88. The standard InChI is InChI=1S/C13H18N2O2S/c1-13(2,3)15-12(17)14-8-11-7-10(9-18-11)5-4-6-16/h7,9,16H,6,8H2,1-3H3,(H2,14,15,17). The highest BCUT2D eigenvalue weighted by Crippen LogP contribution is 2.13. The zero-order valence-electron chi connectivity index (χ0n) is 10.8. The second-order valence-corrected chi connectivity index (χ2v) is 5.82. The molecule has 0 atom stereocenters. The Bertz CT molecular complexity index is 463. The number of hydrogen-bond donors (Lipinski definition) is 3. The van der Waals surface area contributed by atoms with Crippen LogP contribution in [0.2, 0.25) is 0 Å². The molecular formula is C13H18N2O2S. The van der Waals surface area contributed by atoms with Gasteiger partial charge in [-0.1, -0.05) is 11.8 Å². The molecule has 0 spiro atoms. The van der Waals surface area contributed by atoms with Gasteiger partial charge in [0.25, 0.3) is 0 Å². The fourth-order valence-corrected chi connectivity index (χ4v) is 1.99. The first-order chi connectivity index (χ1) is 8.40. The van der Waals surface area contributed by atoms with E-state index in [-0.39, 0.29) is 18.2 Å². The van der Waals surface area contributed by atoms with E-state index in [1.807, 2.05) is 32.2 Å². The number of thiophene rings is 1. The van der Waals surface area contributed by atoms with Crippen molar-refractivity contribution in [3.63, 3.8) is 0 Å². The van der Waals surface area contributed by atoms with Gasteiger partial charge in [0.15, 0.2) is 0 Å². The highest BCUT2D eigenvalue weighted by Gasteiger charge is 2.13. The first-order valence-corrected chi connectivity index (χ1v) is 6.52. The molecule has 0 bridgehead atoms. The van der Waals surface area contributed by atoms with Crippen molar-refractivity contribution in [1.82, 2.24) is 10.6 Å². The average molecular weight is 266 g/mol. The molecule has 18 heavy (non-hydrogen) atoms. The molecule has 0 saturated carbocycles. The summed E-state index contributed by atoms with van der Waals surface area (Å²) < 4.78 is 0. The van der Waals surface area contributed by atoms with Gasteiger partial charge in [-0.05, 0) is 26.8 Å². The fourth-order valence-electron chi connectivity index (χ4n) is 1.23. The van der Waals surface area contributed by atoms with Crippen molar-refractivity contribution < 1.29 is 9.90 Å². The lowest BCUT2D eigenvalue weighted by atomic mass is 10.1. The summed E-state index contributed by atoms with van der Waals surface area (Å²) in [6.07, 6.45) is 0. The quantitative estimate of drug-likeness (QED) is 0.713. The fraction of sp³-hybridized carbons (Fsp3) is 0.462. The van der Waals surface area contributed by atoms with Crippen LogP contribution in [0.15, 0.2) is 11.4 Å². The Kier molecular flexibility index (Phi) is 5.20. The van der Waals surface area contributed by atoms with E-state index in [1.165, 1.54) is 11.3 Å². The van der Waals surface area contributed by atoms with E-state index in [0.717, 1.165) is 10.4 Å². The second kappa shape index (κ2) is 6.43. The second-order valence-electron chi connectivity index (χ2n) is 4.82. The largest absolute Gasteiger partial charge is 0.384 e. The number of aliphatic hydroxyl groups excluding tert-OH is 1. The number of urea groups is 1. The van der Waals surface area contributed by atoms with Gasteiger partial charge >= 0.3 is 6.03 Å². The van der Waals surface area contributed by atoms with Gasteiger partial charge in [-0.25, -0.2) is 4.79 Å². The van der Waals surface area contributed by atoms with Gasteiger partial charge in [0.05, 0.1) is 6.54 Å². The average Bonchev–Trinajstić information content (AvgIpc) is 2.69. The number of rotatable bonds is 2. The molecule has 4 nitrogen and oxygen atoms in total. The highest BCUT2D eigenvalue weighted by atomic mass is 32.1. The zero-order valence-corrected chi connectivity index (χ0v) is 11.6. The Morgan fingerprint density at radius 2 is 2.22 bits per heavy atom. The molecular weight excluding hydrogens is 248 g/mol. The molecule has 1 aromatic rings. The third-order valence-corrected chi connectivity index (χ3v) is 2.81. The number of carbonyl (C=O) groups is 1. The third kappa shape index (κ3) is 5.71. The molecule has 0 aliphatic rings. The zero-order chi connectivity index (χ0) is 13.6. The van der Waals surface area contributed by atoms with Crippen LogP contribution in [0, 0.1) is 11.8 Å². The first kappa shape index (κ1) is 14.6. The Labute approximate surface area is 111 Å². The SMILES string of the molecule is CC(C)(C)NC(=O)NCc1cc(C#CCO)cs1. The summed E-state index contributed by atoms with van der Waals surface area (Å²) in [7, 11) is 0. The van der Waals surface area contributed by atoms with Crippen LogP contribution >= 0.6 is 11.3 Å². The molecule has 0 aromatic carbocycles. The van der Waals surface area contributed by atoms with Crippen LogP contribution in [0.4, 0.5) is 4.79 Å². The molecule has 0 aliphatic carbocycles. The maximum atomic E-state index is 11.5. The number of carbonyl (C=O) groups excluding carboxylic acids is 1. The summed E-state index contributed by atoms with van der Waals surface area (Å²) in [6, 6.07) is 1.73. The molecule has 0 unspecified atom stereocenters. The van der Waals surface area contributed by atoms with Crippen LogP contribution in [0.25, 0.3) is 0 Å². The number of hydrogen-bond acceptors (Lipinski definition) is 3. The van der Waals surface area contributed by atoms with Crippen molar-refractivity contribution in [3.05, 3.63) is 21.9 Å². The van der Waals surface area contributed by atoms with Crippen LogP contribution in [0.1, 0.15) is 31.2 Å². The molecule has 1 rings (SSSR count). The minimum atomic E-state index is -0.239. The molecule has 5 heteroatoms. The van der Waals surface area contributed by atoms with E-state index >= 15 is 0 Å². The Morgan fingerprint density at radius 3 is 2.83 bits per heavy atom. The predicted octanol–water partition coefficient (Wildman–Crippen LogP) is 1.69.